The number of piperidine rings is 3. The van der Waals surface area contributed by atoms with Gasteiger partial charge in [0.2, 0.25) is 17.7 Å². The highest BCUT2D eigenvalue weighted by Gasteiger charge is 2.49. The number of carbonyl (C=O) groups excluding carboxylic acids is 3. The van der Waals surface area contributed by atoms with E-state index in [0.29, 0.717) is 13.1 Å². The Morgan fingerprint density at radius 3 is 2.07 bits per heavy atom. The van der Waals surface area contributed by atoms with Crippen LogP contribution < -0.4 is 10.6 Å². The molecule has 0 saturated carbocycles. The van der Waals surface area contributed by atoms with Crippen molar-refractivity contribution in [2.45, 2.75) is 65.0 Å². The number of hydrogen-bond acceptors (Lipinski definition) is 4. The number of amides is 3. The number of carbonyl (C=O) groups is 3. The van der Waals surface area contributed by atoms with Crippen LogP contribution in [-0.2, 0) is 14.4 Å². The number of hydrogen-bond donors (Lipinski definition) is 2. The summed E-state index contributed by atoms with van der Waals surface area (Å²) in [6, 6.07) is 0. The first-order chi connectivity index (χ1) is 13.4. The van der Waals surface area contributed by atoms with E-state index in [1.807, 2.05) is 18.7 Å². The Kier molecular flexibility index (Phi) is 5.14. The maximum absolute atomic E-state index is 13.0. The molecule has 1 atom stereocenters. The fraction of sp³-hybridized carbons (Fsp3) is 0.857. The summed E-state index contributed by atoms with van der Waals surface area (Å²) in [6.07, 6.45) is 6.23. The summed E-state index contributed by atoms with van der Waals surface area (Å²) < 4.78 is 0. The Morgan fingerprint density at radius 1 is 0.929 bits per heavy atom. The zero-order valence-electron chi connectivity index (χ0n) is 17.3. The monoisotopic (exact) mass is 390 g/mol. The first-order valence-electron chi connectivity index (χ1n) is 11.0. The SMILES string of the molecule is CC(C)C(=O)N1CCC2(CCC(N3CCC4(CCNC4=O)CC3)NC2=O)CC1. The largest absolute Gasteiger partial charge is 0.356 e. The molecule has 0 aromatic rings. The molecule has 2 N–H and O–H groups in total. The van der Waals surface area contributed by atoms with Crippen molar-refractivity contribution in [3.8, 4) is 0 Å². The van der Waals surface area contributed by atoms with E-state index >= 15 is 0 Å². The second-order valence-electron chi connectivity index (χ2n) is 9.61. The van der Waals surface area contributed by atoms with Crippen molar-refractivity contribution in [1.29, 1.82) is 0 Å². The molecule has 28 heavy (non-hydrogen) atoms. The molecular formula is C21H34N4O3. The normalized spacial score (nSPS) is 30.0. The van der Waals surface area contributed by atoms with Crippen LogP contribution in [0.25, 0.3) is 0 Å². The zero-order chi connectivity index (χ0) is 19.9. The molecule has 156 valence electrons. The number of rotatable bonds is 2. The Morgan fingerprint density at radius 2 is 1.54 bits per heavy atom. The van der Waals surface area contributed by atoms with Crippen LogP contribution in [0.4, 0.5) is 0 Å². The lowest BCUT2D eigenvalue weighted by atomic mass is 9.71. The second kappa shape index (κ2) is 7.32. The molecule has 3 amide bonds. The number of nitrogens with zero attached hydrogens (tertiary/aromatic N) is 2. The molecule has 0 radical (unpaired) electrons. The summed E-state index contributed by atoms with van der Waals surface area (Å²) in [5.41, 5.74) is -0.460. The third-order valence-electron chi connectivity index (χ3n) is 7.77. The van der Waals surface area contributed by atoms with Crippen LogP contribution in [0.3, 0.4) is 0 Å². The quantitative estimate of drug-likeness (QED) is 0.740. The lowest BCUT2D eigenvalue weighted by Crippen LogP contribution is -2.61. The minimum absolute atomic E-state index is 0.0166. The van der Waals surface area contributed by atoms with E-state index in [2.05, 4.69) is 15.5 Å². The molecule has 4 rings (SSSR count). The molecule has 7 heteroatoms. The van der Waals surface area contributed by atoms with Gasteiger partial charge in [-0.25, -0.2) is 0 Å². The van der Waals surface area contributed by atoms with Crippen LogP contribution in [0.1, 0.15) is 58.8 Å². The van der Waals surface area contributed by atoms with E-state index < -0.39 is 0 Å². The summed E-state index contributed by atoms with van der Waals surface area (Å²) >= 11 is 0. The molecule has 4 heterocycles. The van der Waals surface area contributed by atoms with E-state index in [9.17, 15) is 14.4 Å². The minimum Gasteiger partial charge on any atom is -0.356 e. The fourth-order valence-corrected chi connectivity index (χ4v) is 5.63. The number of likely N-dealkylation sites (tertiary alicyclic amines) is 2. The Balaban J connectivity index is 1.31. The Bertz CT molecular complexity index is 646. The van der Waals surface area contributed by atoms with Gasteiger partial charge >= 0.3 is 0 Å². The molecular weight excluding hydrogens is 356 g/mol. The first-order valence-corrected chi connectivity index (χ1v) is 11.0. The van der Waals surface area contributed by atoms with Gasteiger partial charge in [0.15, 0.2) is 0 Å². The summed E-state index contributed by atoms with van der Waals surface area (Å²) in [6.45, 7) is 7.81. The zero-order valence-corrected chi connectivity index (χ0v) is 17.3. The maximum atomic E-state index is 13.0. The average molecular weight is 391 g/mol. The van der Waals surface area contributed by atoms with Gasteiger partial charge in [-0.05, 0) is 44.9 Å². The molecule has 4 fully saturated rings. The van der Waals surface area contributed by atoms with Gasteiger partial charge in [-0.1, -0.05) is 13.8 Å². The molecule has 0 aromatic heterocycles. The van der Waals surface area contributed by atoms with E-state index in [4.69, 9.17) is 0 Å². The number of nitrogens with one attached hydrogen (secondary N) is 2. The Hall–Kier alpha value is -1.63. The molecule has 0 aliphatic carbocycles. The van der Waals surface area contributed by atoms with Gasteiger partial charge in [0.25, 0.3) is 0 Å². The van der Waals surface area contributed by atoms with Crippen molar-refractivity contribution < 1.29 is 14.4 Å². The third-order valence-corrected chi connectivity index (χ3v) is 7.77. The summed E-state index contributed by atoms with van der Waals surface area (Å²) in [5.74, 6) is 0.603. The van der Waals surface area contributed by atoms with Gasteiger partial charge in [0.1, 0.15) is 0 Å². The van der Waals surface area contributed by atoms with Gasteiger partial charge < -0.3 is 15.5 Å². The predicted molar refractivity (Wildman–Crippen MR) is 105 cm³/mol. The summed E-state index contributed by atoms with van der Waals surface area (Å²) in [4.78, 5) is 41.7. The standard InChI is InChI=1S/C21H34N4O3/c1-15(2)17(26)25-13-8-20(9-14-25)4-3-16(23-19(20)28)24-11-6-21(7-12-24)5-10-22-18(21)27/h15-16H,3-14H2,1-2H3,(H,22,27)(H,23,28). The molecule has 4 saturated heterocycles. The van der Waals surface area contributed by atoms with Crippen molar-refractivity contribution in [2.24, 2.45) is 16.7 Å². The smallest absolute Gasteiger partial charge is 0.227 e. The van der Waals surface area contributed by atoms with Crippen LogP contribution in [-0.4, -0.2) is 66.4 Å². The van der Waals surface area contributed by atoms with Crippen molar-refractivity contribution in [2.75, 3.05) is 32.7 Å². The highest BCUT2D eigenvalue weighted by molar-refractivity contribution is 5.85. The minimum atomic E-state index is -0.299. The predicted octanol–water partition coefficient (Wildman–Crippen LogP) is 1.09. The first kappa shape index (κ1) is 19.7. The molecule has 4 aliphatic rings. The average Bonchev–Trinajstić information content (AvgIpc) is 3.04. The van der Waals surface area contributed by atoms with Gasteiger partial charge in [-0.15, -0.1) is 0 Å². The third kappa shape index (κ3) is 3.31. The highest BCUT2D eigenvalue weighted by atomic mass is 16.2. The fourth-order valence-electron chi connectivity index (χ4n) is 5.63. The second-order valence-corrected chi connectivity index (χ2v) is 9.61. The van der Waals surface area contributed by atoms with Crippen molar-refractivity contribution in [3.63, 3.8) is 0 Å². The Labute approximate surface area is 167 Å². The van der Waals surface area contributed by atoms with Gasteiger partial charge in [0, 0.05) is 38.6 Å². The van der Waals surface area contributed by atoms with Crippen molar-refractivity contribution in [1.82, 2.24) is 20.4 Å². The van der Waals surface area contributed by atoms with Crippen LogP contribution >= 0.6 is 0 Å². The van der Waals surface area contributed by atoms with Crippen LogP contribution in [0, 0.1) is 16.7 Å². The van der Waals surface area contributed by atoms with Crippen molar-refractivity contribution >= 4 is 17.7 Å². The summed E-state index contributed by atoms with van der Waals surface area (Å²) in [7, 11) is 0. The van der Waals surface area contributed by atoms with E-state index in [-0.39, 0.29) is 40.6 Å². The van der Waals surface area contributed by atoms with Crippen LogP contribution in [0.2, 0.25) is 0 Å². The van der Waals surface area contributed by atoms with Crippen LogP contribution in [0.5, 0.6) is 0 Å². The van der Waals surface area contributed by atoms with Crippen LogP contribution in [0.15, 0.2) is 0 Å². The van der Waals surface area contributed by atoms with Crippen molar-refractivity contribution in [3.05, 3.63) is 0 Å². The molecule has 1 unspecified atom stereocenters. The van der Waals surface area contributed by atoms with E-state index in [1.165, 1.54) is 0 Å². The molecule has 2 spiro atoms. The topological polar surface area (TPSA) is 81.8 Å². The van der Waals surface area contributed by atoms with Gasteiger partial charge in [0.05, 0.1) is 17.0 Å². The molecule has 0 bridgehead atoms. The lowest BCUT2D eigenvalue weighted by Gasteiger charge is -2.48. The molecule has 7 nitrogen and oxygen atoms in total. The summed E-state index contributed by atoms with van der Waals surface area (Å²) in [5, 5.41) is 6.27. The lowest BCUT2D eigenvalue weighted by molar-refractivity contribution is -0.147. The van der Waals surface area contributed by atoms with Gasteiger partial charge in [-0.2, -0.15) is 0 Å². The molecule has 4 aliphatic heterocycles. The van der Waals surface area contributed by atoms with E-state index in [1.54, 1.807) is 0 Å². The molecule has 0 aromatic carbocycles. The van der Waals surface area contributed by atoms with E-state index in [0.717, 1.165) is 64.6 Å². The highest BCUT2D eigenvalue weighted by Crippen LogP contribution is 2.42. The van der Waals surface area contributed by atoms with Gasteiger partial charge in [-0.3, -0.25) is 19.3 Å². The maximum Gasteiger partial charge on any atom is 0.227 e.